The van der Waals surface area contributed by atoms with Gasteiger partial charge in [0.05, 0.1) is 0 Å². The highest BCUT2D eigenvalue weighted by atomic mass is 35.5. The van der Waals surface area contributed by atoms with Crippen molar-refractivity contribution in [2.75, 3.05) is 7.11 Å². The van der Waals surface area contributed by atoms with Crippen LogP contribution in [0.15, 0.2) is 42.5 Å². The molecular weight excluding hydrogens is 552 g/mol. The highest BCUT2D eigenvalue weighted by Crippen LogP contribution is 2.39. The number of hydrogen-bond acceptors (Lipinski definition) is 8. The minimum absolute atomic E-state index is 0.524. The first-order valence-corrected chi connectivity index (χ1v) is 16.8. The third kappa shape index (κ3) is 8.67. The molecule has 0 aromatic heterocycles. The van der Waals surface area contributed by atoms with Crippen molar-refractivity contribution in [3.63, 3.8) is 0 Å². The Balaban J connectivity index is 1.97. The van der Waals surface area contributed by atoms with Crippen LogP contribution in [0.4, 0.5) is 0 Å². The topological polar surface area (TPSA) is 97.4 Å². The van der Waals surface area contributed by atoms with E-state index in [0.29, 0.717) is 17.0 Å². The van der Waals surface area contributed by atoms with Crippen LogP contribution in [0, 0.1) is 11.5 Å². The molecule has 1 saturated heterocycles. The molecule has 2 aromatic carbocycles. The fourth-order valence-electron chi connectivity index (χ4n) is 4.32. The van der Waals surface area contributed by atoms with Crippen LogP contribution in [0.3, 0.4) is 0 Å². The molecule has 1 heterocycles. The minimum atomic E-state index is -1.48. The lowest BCUT2D eigenvalue weighted by atomic mass is 9.91. The molecule has 0 bridgehead atoms. The van der Waals surface area contributed by atoms with Crippen molar-refractivity contribution in [2.45, 2.75) is 77.5 Å². The Labute approximate surface area is 241 Å². The number of hydrogen-bond donors (Lipinski definition) is 0. The molecule has 3 rings (SSSR count). The summed E-state index contributed by atoms with van der Waals surface area (Å²) in [6, 6.07) is 13.3. The maximum atomic E-state index is 12.1. The third-order valence-electron chi connectivity index (χ3n) is 5.96. The summed E-state index contributed by atoms with van der Waals surface area (Å²) in [6.07, 6.45) is -4.97. The monoisotopic (exact) mass is 586 g/mol. The van der Waals surface area contributed by atoms with Crippen molar-refractivity contribution in [3.8, 4) is 11.5 Å². The highest BCUT2D eigenvalue weighted by Gasteiger charge is 2.52. The lowest BCUT2D eigenvalue weighted by Crippen LogP contribution is -2.58. The Morgan fingerprint density at radius 2 is 1.45 bits per heavy atom. The van der Waals surface area contributed by atoms with E-state index >= 15 is 0 Å². The van der Waals surface area contributed by atoms with Crippen LogP contribution in [0.25, 0.3) is 0 Å². The Kier molecular flexibility index (Phi) is 10.6. The van der Waals surface area contributed by atoms with Gasteiger partial charge in [-0.05, 0) is 41.3 Å². The lowest BCUT2D eigenvalue weighted by molar-refractivity contribution is -0.300. The van der Waals surface area contributed by atoms with Gasteiger partial charge in [0.2, 0.25) is 0 Å². The van der Waals surface area contributed by atoms with E-state index in [9.17, 15) is 14.4 Å². The summed E-state index contributed by atoms with van der Waals surface area (Å²) >= 11 is 6.58. The number of halogens is 1. The zero-order chi connectivity index (χ0) is 29.6. The maximum Gasteiger partial charge on any atom is 0.303 e. The van der Waals surface area contributed by atoms with E-state index in [4.69, 9.17) is 35.3 Å². The molecule has 1 aliphatic rings. The van der Waals surface area contributed by atoms with Gasteiger partial charge < -0.3 is 23.7 Å². The van der Waals surface area contributed by atoms with E-state index < -0.39 is 56.7 Å². The quantitative estimate of drug-likeness (QED) is 0.194. The van der Waals surface area contributed by atoms with E-state index in [-0.39, 0.29) is 0 Å². The summed E-state index contributed by atoms with van der Waals surface area (Å²) in [5.74, 6) is 1.34. The van der Waals surface area contributed by atoms with Crippen LogP contribution >= 0.6 is 11.6 Å². The number of esters is 3. The second-order valence-corrected chi connectivity index (χ2v) is 15.8. The molecule has 0 aliphatic carbocycles. The first-order valence-electron chi connectivity index (χ1n) is 12.9. The summed E-state index contributed by atoms with van der Waals surface area (Å²) in [6.45, 7) is 10.3. The molecule has 0 saturated carbocycles. The predicted molar refractivity (Wildman–Crippen MR) is 152 cm³/mol. The van der Waals surface area contributed by atoms with Crippen molar-refractivity contribution >= 4 is 37.6 Å². The Hall–Kier alpha value is -3.16. The molecule has 2 unspecified atom stereocenters. The van der Waals surface area contributed by atoms with Crippen molar-refractivity contribution in [1.82, 2.24) is 0 Å². The largest absolute Gasteiger partial charge is 0.455 e. The first kappa shape index (κ1) is 31.4. The number of rotatable bonds is 7. The minimum Gasteiger partial charge on any atom is -0.455 e. The molecule has 1 fully saturated rings. The molecule has 0 N–H and O–H groups in total. The fourth-order valence-corrected chi connectivity index (χ4v) is 5.03. The number of carbonyl (C=O) groups is 3. The van der Waals surface area contributed by atoms with Gasteiger partial charge in [0.15, 0.2) is 24.6 Å². The van der Waals surface area contributed by atoms with Gasteiger partial charge in [-0.2, -0.15) is 0 Å². The summed E-state index contributed by atoms with van der Waals surface area (Å²) < 4.78 is 28.1. The smallest absolute Gasteiger partial charge is 0.303 e. The molecule has 214 valence electrons. The molecule has 0 amide bonds. The molecule has 8 nitrogen and oxygen atoms in total. The standard InChI is InChI=1S/C30H35ClO8Si/c1-18(32)36-27-26(39-30(35-4)29(38-20(3)34)28(27)37-19(2)33)23-12-13-25(31)24(17-23)16-22-10-8-21(9-11-22)14-15-40(5,6)7/h8-13,17,26-30H,16H2,1-7H3/t26-,27-,28?,29?,30-/m0/s1. The van der Waals surface area contributed by atoms with Crippen molar-refractivity contribution in [2.24, 2.45) is 0 Å². The second kappa shape index (κ2) is 13.5. The van der Waals surface area contributed by atoms with Crippen LogP contribution in [-0.4, -0.2) is 57.7 Å². The van der Waals surface area contributed by atoms with Crippen molar-refractivity contribution in [1.29, 1.82) is 0 Å². The van der Waals surface area contributed by atoms with Crippen LogP contribution in [-0.2, 0) is 44.5 Å². The van der Waals surface area contributed by atoms with Crippen LogP contribution < -0.4 is 0 Å². The van der Waals surface area contributed by atoms with Crippen LogP contribution in [0.5, 0.6) is 0 Å². The number of methoxy groups -OCH3 is 1. The van der Waals surface area contributed by atoms with E-state index in [1.165, 1.54) is 27.9 Å². The summed E-state index contributed by atoms with van der Waals surface area (Å²) in [4.78, 5) is 36.0. The van der Waals surface area contributed by atoms with Gasteiger partial charge in [-0.3, -0.25) is 14.4 Å². The van der Waals surface area contributed by atoms with Crippen molar-refractivity contribution in [3.05, 3.63) is 69.7 Å². The van der Waals surface area contributed by atoms with Gasteiger partial charge in [0.1, 0.15) is 14.2 Å². The van der Waals surface area contributed by atoms with Gasteiger partial charge in [0.25, 0.3) is 0 Å². The normalized spacial score (nSPS) is 22.4. The third-order valence-corrected chi connectivity index (χ3v) is 7.21. The van der Waals surface area contributed by atoms with Gasteiger partial charge in [-0.25, -0.2) is 0 Å². The predicted octanol–water partition coefficient (Wildman–Crippen LogP) is 5.00. The summed E-state index contributed by atoms with van der Waals surface area (Å²) in [5.41, 5.74) is 6.77. The summed E-state index contributed by atoms with van der Waals surface area (Å²) in [7, 11) is -0.103. The first-order chi connectivity index (χ1) is 18.8. The maximum absolute atomic E-state index is 12.1. The molecule has 0 radical (unpaired) electrons. The number of ether oxygens (including phenoxy) is 5. The molecule has 40 heavy (non-hydrogen) atoms. The lowest BCUT2D eigenvalue weighted by Gasteiger charge is -2.44. The Bertz CT molecular complexity index is 1290. The highest BCUT2D eigenvalue weighted by molar-refractivity contribution is 6.83. The molecule has 10 heteroatoms. The van der Waals surface area contributed by atoms with E-state index in [0.717, 1.165) is 16.7 Å². The van der Waals surface area contributed by atoms with Gasteiger partial charge in [0, 0.05) is 38.5 Å². The van der Waals surface area contributed by atoms with Gasteiger partial charge >= 0.3 is 17.9 Å². The zero-order valence-corrected chi connectivity index (χ0v) is 25.5. The molecule has 5 atom stereocenters. The Morgan fingerprint density at radius 3 is 2.00 bits per heavy atom. The average Bonchev–Trinajstić information content (AvgIpc) is 2.86. The Morgan fingerprint density at radius 1 is 0.875 bits per heavy atom. The fraction of sp³-hybridized carbons (Fsp3) is 0.433. The van der Waals surface area contributed by atoms with Crippen LogP contribution in [0.1, 0.15) is 49.1 Å². The van der Waals surface area contributed by atoms with Gasteiger partial charge in [-0.1, -0.05) is 61.4 Å². The average molecular weight is 587 g/mol. The van der Waals surface area contributed by atoms with E-state index in [2.05, 4.69) is 31.1 Å². The van der Waals surface area contributed by atoms with E-state index in [1.807, 2.05) is 30.3 Å². The number of carbonyl (C=O) groups excluding carboxylic acids is 3. The molecule has 0 spiro atoms. The molecule has 1 aliphatic heterocycles. The number of benzene rings is 2. The van der Waals surface area contributed by atoms with E-state index in [1.54, 1.807) is 12.1 Å². The second-order valence-electron chi connectivity index (χ2n) is 10.6. The zero-order valence-electron chi connectivity index (χ0n) is 23.8. The molecular formula is C30H35ClO8Si. The van der Waals surface area contributed by atoms with Gasteiger partial charge in [-0.15, -0.1) is 5.54 Å². The van der Waals surface area contributed by atoms with Crippen LogP contribution in [0.2, 0.25) is 24.7 Å². The molecule has 2 aromatic rings. The SMILES string of the molecule is CO[C@H]1O[C@@H](c2ccc(Cl)c(Cc3ccc(C#C[Si](C)(C)C)cc3)c2)[C@H](OC(C)=O)C(OC(C)=O)C1OC(C)=O. The van der Waals surface area contributed by atoms with Crippen molar-refractivity contribution < 1.29 is 38.1 Å². The summed E-state index contributed by atoms with van der Waals surface area (Å²) in [5, 5.41) is 0.545.